The van der Waals surface area contributed by atoms with Crippen molar-refractivity contribution < 1.29 is 13.2 Å². The molecule has 2 saturated heterocycles. The van der Waals surface area contributed by atoms with Gasteiger partial charge in [0.25, 0.3) is 15.8 Å². The fraction of sp³-hybridized carbons (Fsp3) is 0.571. The number of piperazine rings is 2. The lowest BCUT2D eigenvalue weighted by atomic mass is 10.1. The average molecular weight is 463 g/mol. The standard InChI is InChI=1S/C21H30N6O4S/c1-17-4-3-5-18-20(17)22-16-25(21(18)29)7-6-19(28)24-10-14-27(15-11-24)32(30,31)26-12-8-23(2)9-13-26/h3-5,16H,6-15H2,1-2H3. The van der Waals surface area contributed by atoms with Crippen LogP contribution in [0.25, 0.3) is 10.9 Å². The number of rotatable bonds is 5. The second kappa shape index (κ2) is 9.26. The van der Waals surface area contributed by atoms with E-state index in [1.807, 2.05) is 26.1 Å². The van der Waals surface area contributed by atoms with Crippen LogP contribution in [-0.2, 0) is 21.5 Å². The van der Waals surface area contributed by atoms with Gasteiger partial charge < -0.3 is 9.80 Å². The van der Waals surface area contributed by atoms with Crippen LogP contribution in [0.15, 0.2) is 29.3 Å². The molecule has 2 fully saturated rings. The quantitative estimate of drug-likeness (QED) is 0.607. The Balaban J connectivity index is 1.33. The summed E-state index contributed by atoms with van der Waals surface area (Å²) in [6, 6.07) is 5.48. The number of carbonyl (C=O) groups is 1. The van der Waals surface area contributed by atoms with Gasteiger partial charge in [-0.25, -0.2) is 4.98 Å². The van der Waals surface area contributed by atoms with Crippen LogP contribution in [-0.4, -0.2) is 102 Å². The van der Waals surface area contributed by atoms with Crippen molar-refractivity contribution in [3.63, 3.8) is 0 Å². The number of para-hydroxylation sites is 1. The highest BCUT2D eigenvalue weighted by atomic mass is 32.2. The molecule has 11 heteroatoms. The van der Waals surface area contributed by atoms with E-state index in [4.69, 9.17) is 0 Å². The molecule has 2 aliphatic heterocycles. The number of aryl methyl sites for hydroxylation is 2. The first-order valence-corrected chi connectivity index (χ1v) is 12.3. The Hall–Kier alpha value is -2.34. The normalized spacial score (nSPS) is 19.5. The van der Waals surface area contributed by atoms with Crippen LogP contribution in [0.3, 0.4) is 0 Å². The van der Waals surface area contributed by atoms with Gasteiger partial charge in [-0.05, 0) is 25.6 Å². The summed E-state index contributed by atoms with van der Waals surface area (Å²) in [6.45, 7) is 5.87. The molecular weight excluding hydrogens is 432 g/mol. The number of aromatic nitrogens is 2. The topological polar surface area (TPSA) is 99.1 Å². The van der Waals surface area contributed by atoms with E-state index in [0.717, 1.165) is 18.7 Å². The Kier molecular flexibility index (Phi) is 6.61. The van der Waals surface area contributed by atoms with Crippen molar-refractivity contribution >= 4 is 27.0 Å². The first-order valence-electron chi connectivity index (χ1n) is 10.9. The van der Waals surface area contributed by atoms with E-state index in [-0.39, 0.29) is 37.5 Å². The molecule has 0 N–H and O–H groups in total. The molecule has 1 aromatic carbocycles. The molecular formula is C21H30N6O4S. The molecule has 4 rings (SSSR count). The fourth-order valence-corrected chi connectivity index (χ4v) is 5.80. The Morgan fingerprint density at radius 1 is 1.00 bits per heavy atom. The Labute approximate surface area is 188 Å². The second-order valence-corrected chi connectivity index (χ2v) is 10.4. The Bertz CT molecular complexity index is 1150. The zero-order valence-corrected chi connectivity index (χ0v) is 19.4. The number of fused-ring (bicyclic) bond motifs is 1. The number of hydrogen-bond donors (Lipinski definition) is 0. The van der Waals surface area contributed by atoms with E-state index in [0.29, 0.717) is 37.1 Å². The predicted molar refractivity (Wildman–Crippen MR) is 121 cm³/mol. The molecule has 10 nitrogen and oxygen atoms in total. The number of benzene rings is 1. The minimum absolute atomic E-state index is 0.0853. The molecule has 2 aliphatic rings. The molecule has 0 radical (unpaired) electrons. The van der Waals surface area contributed by atoms with Crippen LogP contribution in [0.4, 0.5) is 0 Å². The maximum Gasteiger partial charge on any atom is 0.282 e. The van der Waals surface area contributed by atoms with Crippen LogP contribution >= 0.6 is 0 Å². The average Bonchev–Trinajstić information content (AvgIpc) is 2.79. The van der Waals surface area contributed by atoms with E-state index in [1.165, 1.54) is 19.5 Å². The second-order valence-electron chi connectivity index (χ2n) is 8.45. The molecule has 32 heavy (non-hydrogen) atoms. The van der Waals surface area contributed by atoms with Crippen LogP contribution in [0.2, 0.25) is 0 Å². The Morgan fingerprint density at radius 2 is 1.62 bits per heavy atom. The highest BCUT2D eigenvalue weighted by Crippen LogP contribution is 2.15. The third-order valence-electron chi connectivity index (χ3n) is 6.33. The third kappa shape index (κ3) is 4.56. The van der Waals surface area contributed by atoms with E-state index >= 15 is 0 Å². The summed E-state index contributed by atoms with van der Waals surface area (Å²) in [7, 11) is -1.51. The van der Waals surface area contributed by atoms with Gasteiger partial charge in [0.2, 0.25) is 5.91 Å². The first kappa shape index (κ1) is 22.8. The summed E-state index contributed by atoms with van der Waals surface area (Å²) in [5.41, 5.74) is 1.46. The predicted octanol–water partition coefficient (Wildman–Crippen LogP) is -0.269. The largest absolute Gasteiger partial charge is 0.340 e. The van der Waals surface area contributed by atoms with Crippen LogP contribution in [0.1, 0.15) is 12.0 Å². The molecule has 174 valence electrons. The molecule has 1 aromatic heterocycles. The highest BCUT2D eigenvalue weighted by molar-refractivity contribution is 7.86. The lowest BCUT2D eigenvalue weighted by Crippen LogP contribution is -2.57. The molecule has 0 unspecified atom stereocenters. The van der Waals surface area contributed by atoms with Gasteiger partial charge in [-0.3, -0.25) is 14.2 Å². The highest BCUT2D eigenvalue weighted by Gasteiger charge is 2.34. The monoisotopic (exact) mass is 462 g/mol. The van der Waals surface area contributed by atoms with Crippen molar-refractivity contribution in [2.24, 2.45) is 0 Å². The summed E-state index contributed by atoms with van der Waals surface area (Å²) in [4.78, 5) is 33.6. The van der Waals surface area contributed by atoms with Crippen molar-refractivity contribution in [1.29, 1.82) is 0 Å². The van der Waals surface area contributed by atoms with Gasteiger partial charge in [-0.2, -0.15) is 17.0 Å². The van der Waals surface area contributed by atoms with Crippen LogP contribution in [0, 0.1) is 6.92 Å². The molecule has 0 spiro atoms. The molecule has 0 bridgehead atoms. The van der Waals surface area contributed by atoms with Gasteiger partial charge in [-0.15, -0.1) is 0 Å². The number of carbonyl (C=O) groups excluding carboxylic acids is 1. The lowest BCUT2D eigenvalue weighted by molar-refractivity contribution is -0.132. The van der Waals surface area contributed by atoms with Crippen molar-refractivity contribution in [2.75, 3.05) is 59.4 Å². The smallest absolute Gasteiger partial charge is 0.282 e. The summed E-state index contributed by atoms with van der Waals surface area (Å²) in [5.74, 6) is -0.0853. The number of nitrogens with zero attached hydrogens (tertiary/aromatic N) is 6. The molecule has 0 saturated carbocycles. The fourth-order valence-electron chi connectivity index (χ4n) is 4.22. The minimum Gasteiger partial charge on any atom is -0.340 e. The van der Waals surface area contributed by atoms with Gasteiger partial charge in [-0.1, -0.05) is 12.1 Å². The van der Waals surface area contributed by atoms with Gasteiger partial charge in [0.15, 0.2) is 0 Å². The maximum absolute atomic E-state index is 12.9. The number of likely N-dealkylation sites (N-methyl/N-ethyl adjacent to an activating group) is 1. The summed E-state index contributed by atoms with van der Waals surface area (Å²) in [6.07, 6.45) is 1.66. The van der Waals surface area contributed by atoms with Crippen molar-refractivity contribution in [3.8, 4) is 0 Å². The first-order chi connectivity index (χ1) is 15.3. The zero-order chi connectivity index (χ0) is 22.9. The van der Waals surface area contributed by atoms with Gasteiger partial charge >= 0.3 is 0 Å². The van der Waals surface area contributed by atoms with E-state index in [2.05, 4.69) is 9.88 Å². The molecule has 0 aliphatic carbocycles. The van der Waals surface area contributed by atoms with Crippen LogP contribution in [0.5, 0.6) is 0 Å². The molecule has 1 amide bonds. The summed E-state index contributed by atoms with van der Waals surface area (Å²) >= 11 is 0. The van der Waals surface area contributed by atoms with Gasteiger partial charge in [0, 0.05) is 65.3 Å². The molecule has 3 heterocycles. The van der Waals surface area contributed by atoms with Crippen molar-refractivity contribution in [3.05, 3.63) is 40.4 Å². The lowest BCUT2D eigenvalue weighted by Gasteiger charge is -2.39. The summed E-state index contributed by atoms with van der Waals surface area (Å²) < 4.78 is 30.2. The molecule has 2 aromatic rings. The maximum atomic E-state index is 12.9. The van der Waals surface area contributed by atoms with E-state index in [1.54, 1.807) is 11.0 Å². The van der Waals surface area contributed by atoms with E-state index in [9.17, 15) is 18.0 Å². The minimum atomic E-state index is -3.49. The number of hydrogen-bond acceptors (Lipinski definition) is 6. The zero-order valence-electron chi connectivity index (χ0n) is 18.6. The number of amides is 1. The van der Waals surface area contributed by atoms with Crippen molar-refractivity contribution in [1.82, 2.24) is 28.0 Å². The van der Waals surface area contributed by atoms with Crippen LogP contribution < -0.4 is 5.56 Å². The van der Waals surface area contributed by atoms with Gasteiger partial charge in [0.1, 0.15) is 0 Å². The van der Waals surface area contributed by atoms with Gasteiger partial charge in [0.05, 0.1) is 17.2 Å². The SMILES string of the molecule is Cc1cccc2c(=O)n(CCC(=O)N3CCN(S(=O)(=O)N4CCN(C)CC4)CC3)cnc12. The Morgan fingerprint density at radius 3 is 2.28 bits per heavy atom. The van der Waals surface area contributed by atoms with Crippen molar-refractivity contribution in [2.45, 2.75) is 19.9 Å². The third-order valence-corrected chi connectivity index (χ3v) is 8.36. The summed E-state index contributed by atoms with van der Waals surface area (Å²) in [5, 5.41) is 0.544. The van der Waals surface area contributed by atoms with E-state index < -0.39 is 10.2 Å². The molecule has 0 atom stereocenters.